The minimum Gasteiger partial charge on any atom is -0.256 e. The van der Waals surface area contributed by atoms with Gasteiger partial charge in [-0.1, -0.05) is 60.1 Å². The standard InChI is InChI=1S/C35H29ClN2O4S3/c1-35(2,45(4,41)42)27-19-24-11-7-17-37-31(24)30(21-27)23-8-5-9-25(18-23)33-32(22-13-15-29(16-14-22)44(3,39)40)38-34(43-33)26-10-6-12-28(36)20-26/h5-21H,1-4H3. The van der Waals surface area contributed by atoms with Gasteiger partial charge in [-0.3, -0.25) is 4.98 Å². The number of pyridine rings is 1. The van der Waals surface area contributed by atoms with Crippen LogP contribution < -0.4 is 0 Å². The molecule has 2 aromatic heterocycles. The normalized spacial score (nSPS) is 12.5. The Morgan fingerprint density at radius 1 is 0.733 bits per heavy atom. The van der Waals surface area contributed by atoms with Crippen molar-refractivity contribution < 1.29 is 16.8 Å². The van der Waals surface area contributed by atoms with Crippen molar-refractivity contribution in [2.24, 2.45) is 0 Å². The van der Waals surface area contributed by atoms with E-state index in [1.54, 1.807) is 44.3 Å². The smallest absolute Gasteiger partial charge is 0.175 e. The first-order chi connectivity index (χ1) is 21.2. The summed E-state index contributed by atoms with van der Waals surface area (Å²) in [7, 11) is -6.78. The highest BCUT2D eigenvalue weighted by Gasteiger charge is 2.33. The Hall–Kier alpha value is -3.89. The van der Waals surface area contributed by atoms with E-state index in [9.17, 15) is 16.8 Å². The second-order valence-corrected chi connectivity index (χ2v) is 17.5. The number of hydrogen-bond donors (Lipinski definition) is 0. The van der Waals surface area contributed by atoms with Gasteiger partial charge in [-0.2, -0.15) is 0 Å². The predicted molar refractivity (Wildman–Crippen MR) is 185 cm³/mol. The molecule has 0 aliphatic rings. The molecule has 0 unspecified atom stereocenters. The Bertz CT molecular complexity index is 2310. The van der Waals surface area contributed by atoms with Crippen molar-refractivity contribution in [3.8, 4) is 43.4 Å². The molecule has 0 saturated carbocycles. The van der Waals surface area contributed by atoms with Crippen LogP contribution in [0.5, 0.6) is 0 Å². The van der Waals surface area contributed by atoms with Gasteiger partial charge in [0.1, 0.15) is 5.01 Å². The minimum absolute atomic E-state index is 0.233. The van der Waals surface area contributed by atoms with Crippen LogP contribution in [0.4, 0.5) is 0 Å². The van der Waals surface area contributed by atoms with Crippen molar-refractivity contribution in [2.75, 3.05) is 12.5 Å². The highest BCUT2D eigenvalue weighted by molar-refractivity contribution is 7.91. The van der Waals surface area contributed by atoms with E-state index in [0.29, 0.717) is 16.3 Å². The number of sulfone groups is 2. The molecule has 0 aliphatic carbocycles. The third-order valence-corrected chi connectivity index (χ3v) is 12.6. The maximum Gasteiger partial charge on any atom is 0.175 e. The summed E-state index contributed by atoms with van der Waals surface area (Å²) in [5.74, 6) is 0. The fourth-order valence-electron chi connectivity index (χ4n) is 5.12. The van der Waals surface area contributed by atoms with Gasteiger partial charge in [0, 0.05) is 45.8 Å². The molecule has 6 nitrogen and oxygen atoms in total. The van der Waals surface area contributed by atoms with Crippen LogP contribution in [-0.4, -0.2) is 39.3 Å². The molecule has 0 N–H and O–H groups in total. The fourth-order valence-corrected chi connectivity index (χ4v) is 7.57. The summed E-state index contributed by atoms with van der Waals surface area (Å²) in [6.45, 7) is 3.44. The number of benzene rings is 4. The minimum atomic E-state index is -3.42. The quantitative estimate of drug-likeness (QED) is 0.168. The second kappa shape index (κ2) is 11.5. The van der Waals surface area contributed by atoms with Gasteiger partial charge in [-0.15, -0.1) is 11.3 Å². The second-order valence-electron chi connectivity index (χ2n) is 11.5. The molecule has 0 radical (unpaired) electrons. The zero-order valence-corrected chi connectivity index (χ0v) is 28.2. The molecule has 6 rings (SSSR count). The van der Waals surface area contributed by atoms with E-state index in [-0.39, 0.29) is 4.90 Å². The largest absolute Gasteiger partial charge is 0.256 e. The lowest BCUT2D eigenvalue weighted by molar-refractivity contribution is 0.561. The van der Waals surface area contributed by atoms with Crippen LogP contribution in [0, 0.1) is 0 Å². The fraction of sp³-hybridized carbons (Fsp3) is 0.143. The van der Waals surface area contributed by atoms with Crippen molar-refractivity contribution in [1.82, 2.24) is 9.97 Å². The molecule has 0 amide bonds. The average Bonchev–Trinajstić information content (AvgIpc) is 3.45. The number of thiazole rings is 1. The van der Waals surface area contributed by atoms with Crippen LogP contribution in [0.25, 0.3) is 54.3 Å². The Kier molecular flexibility index (Phi) is 7.93. The number of rotatable bonds is 7. The number of hydrogen-bond acceptors (Lipinski definition) is 7. The number of halogens is 1. The van der Waals surface area contributed by atoms with E-state index in [0.717, 1.165) is 48.6 Å². The first kappa shape index (κ1) is 31.1. The van der Waals surface area contributed by atoms with Gasteiger partial charge in [0.25, 0.3) is 0 Å². The van der Waals surface area contributed by atoms with Gasteiger partial charge >= 0.3 is 0 Å². The monoisotopic (exact) mass is 672 g/mol. The summed E-state index contributed by atoms with van der Waals surface area (Å²) >= 11 is 7.84. The van der Waals surface area contributed by atoms with Gasteiger partial charge in [-0.05, 0) is 79.1 Å². The molecule has 0 fully saturated rings. The molecule has 10 heteroatoms. The van der Waals surface area contributed by atoms with E-state index in [1.165, 1.54) is 23.8 Å². The summed E-state index contributed by atoms with van der Waals surface area (Å²) in [5.41, 5.74) is 6.39. The van der Waals surface area contributed by atoms with Gasteiger partial charge in [0.05, 0.1) is 25.7 Å². The first-order valence-corrected chi connectivity index (χ1v) is 19.0. The Balaban J connectivity index is 1.55. The predicted octanol–water partition coefficient (Wildman–Crippen LogP) is 8.70. The third kappa shape index (κ3) is 6.05. The molecule has 0 atom stereocenters. The van der Waals surface area contributed by atoms with Crippen LogP contribution in [0.3, 0.4) is 0 Å². The zero-order valence-electron chi connectivity index (χ0n) is 24.9. The van der Waals surface area contributed by atoms with Crippen LogP contribution in [0.15, 0.2) is 108 Å². The van der Waals surface area contributed by atoms with Crippen LogP contribution in [0.1, 0.15) is 19.4 Å². The molecule has 45 heavy (non-hydrogen) atoms. The highest BCUT2D eigenvalue weighted by atomic mass is 35.5. The SMILES string of the molecule is CC(C)(c1cc(-c2cccc(-c3sc(-c4cccc(Cl)c4)nc3-c3ccc(S(C)(=O)=O)cc3)c2)c2ncccc2c1)S(C)(=O)=O. The number of nitrogens with zero attached hydrogens (tertiary/aromatic N) is 2. The van der Waals surface area contributed by atoms with Crippen molar-refractivity contribution >= 4 is 53.5 Å². The van der Waals surface area contributed by atoms with Crippen molar-refractivity contribution in [3.05, 3.63) is 114 Å². The lowest BCUT2D eigenvalue weighted by Gasteiger charge is -2.24. The van der Waals surface area contributed by atoms with E-state index >= 15 is 0 Å². The van der Waals surface area contributed by atoms with Crippen LogP contribution in [0.2, 0.25) is 5.02 Å². The Labute approximate surface area is 272 Å². The van der Waals surface area contributed by atoms with Crippen LogP contribution >= 0.6 is 22.9 Å². The van der Waals surface area contributed by atoms with Crippen LogP contribution in [-0.2, 0) is 24.4 Å². The van der Waals surface area contributed by atoms with Crippen molar-refractivity contribution in [3.63, 3.8) is 0 Å². The summed E-state index contributed by atoms with van der Waals surface area (Å²) in [4.78, 5) is 10.8. The lowest BCUT2D eigenvalue weighted by Crippen LogP contribution is -2.28. The Morgan fingerprint density at radius 3 is 2.11 bits per heavy atom. The molecule has 0 bridgehead atoms. The number of aromatic nitrogens is 2. The van der Waals surface area contributed by atoms with E-state index in [4.69, 9.17) is 16.6 Å². The highest BCUT2D eigenvalue weighted by Crippen LogP contribution is 2.43. The molecule has 2 heterocycles. The van der Waals surface area contributed by atoms with Gasteiger partial charge in [0.15, 0.2) is 19.7 Å². The van der Waals surface area contributed by atoms with E-state index in [1.807, 2.05) is 66.7 Å². The van der Waals surface area contributed by atoms with E-state index in [2.05, 4.69) is 11.1 Å². The Morgan fingerprint density at radius 2 is 1.42 bits per heavy atom. The lowest BCUT2D eigenvalue weighted by atomic mass is 9.92. The van der Waals surface area contributed by atoms with Gasteiger partial charge < -0.3 is 0 Å². The summed E-state index contributed by atoms with van der Waals surface area (Å²) in [6, 6.07) is 29.9. The average molecular weight is 673 g/mol. The topological polar surface area (TPSA) is 94.1 Å². The van der Waals surface area contributed by atoms with E-state index < -0.39 is 24.4 Å². The summed E-state index contributed by atoms with van der Waals surface area (Å²) in [6.07, 6.45) is 4.17. The summed E-state index contributed by atoms with van der Waals surface area (Å²) in [5, 5.41) is 2.21. The maximum absolute atomic E-state index is 12.8. The maximum atomic E-state index is 12.8. The zero-order chi connectivity index (χ0) is 32.1. The molecular weight excluding hydrogens is 644 g/mol. The molecule has 0 spiro atoms. The molecule has 228 valence electrons. The molecule has 6 aromatic rings. The van der Waals surface area contributed by atoms with Gasteiger partial charge in [-0.25, -0.2) is 21.8 Å². The molecular formula is C35H29ClN2O4S3. The molecule has 0 saturated heterocycles. The number of fused-ring (bicyclic) bond motifs is 1. The van der Waals surface area contributed by atoms with Gasteiger partial charge in [0.2, 0.25) is 0 Å². The third-order valence-electron chi connectivity index (χ3n) is 8.02. The first-order valence-electron chi connectivity index (χ1n) is 14.0. The molecule has 4 aromatic carbocycles. The van der Waals surface area contributed by atoms with Crippen molar-refractivity contribution in [2.45, 2.75) is 23.5 Å². The molecule has 0 aliphatic heterocycles. The van der Waals surface area contributed by atoms with Crippen molar-refractivity contribution in [1.29, 1.82) is 0 Å². The summed E-state index contributed by atoms with van der Waals surface area (Å²) < 4.78 is 48.8.